The summed E-state index contributed by atoms with van der Waals surface area (Å²) in [4.78, 5) is 0. The van der Waals surface area contributed by atoms with E-state index in [2.05, 4.69) is 62.4 Å². The summed E-state index contributed by atoms with van der Waals surface area (Å²) in [7, 11) is 9.01. The first-order valence-electron chi connectivity index (χ1n) is 15.8. The third-order valence-electron chi connectivity index (χ3n) is 10.1. The Kier molecular flexibility index (Phi) is 14.7. The van der Waals surface area contributed by atoms with Crippen LogP contribution < -0.4 is 10.6 Å². The molecule has 2 aromatic carbocycles. The molecule has 0 spiro atoms. The molecule has 0 unspecified atom stereocenters. The van der Waals surface area contributed by atoms with Gasteiger partial charge in [-0.05, 0) is 140 Å². The summed E-state index contributed by atoms with van der Waals surface area (Å²) < 4.78 is 0. The average molecular weight is 700 g/mol. The summed E-state index contributed by atoms with van der Waals surface area (Å²) >= 11 is -0.106. The first-order chi connectivity index (χ1) is 19.1. The third kappa shape index (κ3) is 9.26. The Balaban J connectivity index is 0.000000165. The number of benzene rings is 2. The second kappa shape index (κ2) is 17.6. The predicted octanol–water partition coefficient (Wildman–Crippen LogP) is 10.8. The molecule has 0 nitrogen and oxygen atoms in total. The van der Waals surface area contributed by atoms with E-state index in [1.54, 1.807) is 21.7 Å². The topological polar surface area (TPSA) is 0 Å². The maximum atomic E-state index is 4.81. The number of halogens is 2. The van der Waals surface area contributed by atoms with Crippen molar-refractivity contribution < 1.29 is 15.9 Å². The van der Waals surface area contributed by atoms with Crippen molar-refractivity contribution in [1.82, 2.24) is 0 Å². The molecule has 0 radical (unpaired) electrons. The van der Waals surface area contributed by atoms with Gasteiger partial charge in [-0.2, -0.15) is 0 Å². The zero-order valence-corrected chi connectivity index (χ0v) is 29.4. The molecule has 4 fully saturated rings. The molecule has 4 saturated carbocycles. The molecule has 220 valence electrons. The summed E-state index contributed by atoms with van der Waals surface area (Å²) in [5, 5.41) is 3.56. The van der Waals surface area contributed by atoms with Crippen LogP contribution in [0.4, 0.5) is 0 Å². The van der Waals surface area contributed by atoms with Gasteiger partial charge in [-0.3, -0.25) is 0 Å². The number of hydrogen-bond donors (Lipinski definition) is 0. The Labute approximate surface area is 258 Å². The van der Waals surface area contributed by atoms with Crippen LogP contribution in [0.15, 0.2) is 48.5 Å². The van der Waals surface area contributed by atoms with Crippen LogP contribution in [0.2, 0.25) is 0 Å². The van der Waals surface area contributed by atoms with E-state index >= 15 is 0 Å². The zero-order valence-electron chi connectivity index (χ0n) is 24.3. The monoisotopic (exact) mass is 698 g/mol. The number of hydrogen-bond acceptors (Lipinski definition) is 0. The van der Waals surface area contributed by atoms with E-state index in [1.807, 2.05) is 0 Å². The van der Waals surface area contributed by atoms with E-state index in [-0.39, 0.29) is 31.8 Å². The van der Waals surface area contributed by atoms with Gasteiger partial charge < -0.3 is 0 Å². The molecule has 4 aliphatic carbocycles. The van der Waals surface area contributed by atoms with Crippen molar-refractivity contribution in [3.63, 3.8) is 0 Å². The normalized spacial score (nSPS) is 21.0. The summed E-state index contributed by atoms with van der Waals surface area (Å²) in [5.74, 6) is 0. The van der Waals surface area contributed by atoms with Gasteiger partial charge in [0.15, 0.2) is 0 Å². The van der Waals surface area contributed by atoms with Crippen LogP contribution in [-0.4, -0.2) is 22.6 Å². The van der Waals surface area contributed by atoms with Gasteiger partial charge in [-0.15, -0.1) is 0 Å². The molecule has 0 saturated heterocycles. The van der Waals surface area contributed by atoms with E-state index < -0.39 is 0 Å². The third-order valence-corrected chi connectivity index (χ3v) is 18.3. The fourth-order valence-corrected chi connectivity index (χ4v) is 17.2. The molecule has 5 heteroatoms. The van der Waals surface area contributed by atoms with Crippen molar-refractivity contribution in [3.05, 3.63) is 59.7 Å². The minimum absolute atomic E-state index is 0.106. The van der Waals surface area contributed by atoms with Gasteiger partial charge in [0, 0.05) is 15.8 Å². The first-order valence-corrected chi connectivity index (χ1v) is 23.1. The molecule has 0 heterocycles. The zero-order chi connectivity index (χ0) is 27.5. The van der Waals surface area contributed by atoms with Gasteiger partial charge in [-0.25, -0.2) is 0 Å². The van der Waals surface area contributed by atoms with Gasteiger partial charge in [0.2, 0.25) is 0 Å². The van der Waals surface area contributed by atoms with E-state index in [0.717, 1.165) is 22.6 Å². The molecule has 0 bridgehead atoms. The standard InChI is InChI=1S/2C17H25P.2ClH.Pd/c2*1-14-8-2-7-13-17(14)18(15-9-3-4-10-15)16-11-5-6-12-16;;;/h2*2,7-8,13,15-16H,3-6,9-12H2,1H3;2*1H;/q;;;;+2. The maximum absolute atomic E-state index is 4.81. The fraction of sp³-hybridized carbons (Fsp3) is 0.647. The quantitative estimate of drug-likeness (QED) is 0.208. The van der Waals surface area contributed by atoms with Gasteiger partial charge in [0.25, 0.3) is 0 Å². The Hall–Kier alpha value is 0.542. The first kappa shape index (κ1) is 32.5. The molecule has 0 N–H and O–H groups in total. The van der Waals surface area contributed by atoms with E-state index in [0.29, 0.717) is 0 Å². The van der Waals surface area contributed by atoms with Crippen LogP contribution in [0, 0.1) is 13.8 Å². The van der Waals surface area contributed by atoms with Crippen LogP contribution in [0.1, 0.15) is 114 Å². The summed E-state index contributed by atoms with van der Waals surface area (Å²) in [5.41, 5.74) is 7.48. The Morgan fingerprint density at radius 2 is 0.718 bits per heavy atom. The van der Waals surface area contributed by atoms with Crippen molar-refractivity contribution in [2.75, 3.05) is 0 Å². The second-order valence-corrected chi connectivity index (χ2v) is 21.0. The van der Waals surface area contributed by atoms with Crippen LogP contribution in [0.3, 0.4) is 0 Å². The van der Waals surface area contributed by atoms with Crippen LogP contribution >= 0.6 is 34.9 Å². The van der Waals surface area contributed by atoms with Crippen LogP contribution in [0.5, 0.6) is 0 Å². The number of aryl methyl sites for hydroxylation is 2. The Morgan fingerprint density at radius 1 is 0.487 bits per heavy atom. The molecule has 4 aliphatic rings. The van der Waals surface area contributed by atoms with E-state index in [9.17, 15) is 0 Å². The van der Waals surface area contributed by atoms with Gasteiger partial charge in [0.05, 0.1) is 33.2 Å². The summed E-state index contributed by atoms with van der Waals surface area (Å²) in [6, 6.07) is 18.6. The van der Waals surface area contributed by atoms with Crippen LogP contribution in [0.25, 0.3) is 0 Å². The molecule has 39 heavy (non-hydrogen) atoms. The SMILES string of the molecule is Cc1ccccc1[PH+](C1CCCC1)C1CCCC1.Cc1ccccc1[PH+](C1CCCC1)C1CCCC1.[Cl][Pd][Cl]. The average Bonchev–Trinajstić information content (AvgIpc) is 3.78. The van der Waals surface area contributed by atoms with Gasteiger partial charge >= 0.3 is 35.0 Å². The van der Waals surface area contributed by atoms with E-state index in [4.69, 9.17) is 19.1 Å². The fourth-order valence-electron chi connectivity index (χ4n) is 8.29. The van der Waals surface area contributed by atoms with Crippen LogP contribution in [-0.2, 0) is 15.9 Å². The van der Waals surface area contributed by atoms with Crippen molar-refractivity contribution in [3.8, 4) is 0 Å². The summed E-state index contributed by atoms with van der Waals surface area (Å²) in [6.45, 7) is 4.67. The van der Waals surface area contributed by atoms with Crippen molar-refractivity contribution in [2.24, 2.45) is 0 Å². The Bertz CT molecular complexity index is 852. The van der Waals surface area contributed by atoms with E-state index in [1.165, 1.54) is 103 Å². The predicted molar refractivity (Wildman–Crippen MR) is 179 cm³/mol. The molecule has 2 aromatic rings. The number of rotatable bonds is 6. The molecular weight excluding hydrogens is 648 g/mol. The minimum atomic E-state index is -0.308. The van der Waals surface area contributed by atoms with Crippen molar-refractivity contribution in [2.45, 2.75) is 139 Å². The molecule has 0 aromatic heterocycles. The van der Waals surface area contributed by atoms with Gasteiger partial charge in [0.1, 0.15) is 0 Å². The van der Waals surface area contributed by atoms with Gasteiger partial charge in [-0.1, -0.05) is 36.4 Å². The van der Waals surface area contributed by atoms with Crippen molar-refractivity contribution in [1.29, 1.82) is 0 Å². The molecule has 0 atom stereocenters. The summed E-state index contributed by atoms with van der Waals surface area (Å²) in [6.07, 6.45) is 24.2. The van der Waals surface area contributed by atoms with Crippen molar-refractivity contribution >= 4 is 45.5 Å². The molecule has 0 aliphatic heterocycles. The molecule has 0 amide bonds. The molecular formula is C34H52Cl2P2Pd+2. The molecule has 6 rings (SSSR count). The Morgan fingerprint density at radius 3 is 0.949 bits per heavy atom. The second-order valence-electron chi connectivity index (χ2n) is 12.5.